The van der Waals surface area contributed by atoms with Gasteiger partial charge in [0.1, 0.15) is 0 Å². The van der Waals surface area contributed by atoms with Gasteiger partial charge in [0, 0.05) is 6.61 Å². The molecule has 8 heavy (non-hydrogen) atoms. The Morgan fingerprint density at radius 3 is 2.25 bits per heavy atom. The molecule has 0 amide bonds. The predicted molar refractivity (Wildman–Crippen MR) is 35.6 cm³/mol. The summed E-state index contributed by atoms with van der Waals surface area (Å²) >= 11 is 0. The van der Waals surface area contributed by atoms with Gasteiger partial charge >= 0.3 is 0 Å². The van der Waals surface area contributed by atoms with E-state index in [-0.39, 0.29) is 6.61 Å². The van der Waals surface area contributed by atoms with E-state index in [0.717, 1.165) is 0 Å². The zero-order chi connectivity index (χ0) is 6.57. The second-order valence-corrected chi connectivity index (χ2v) is 2.25. The Kier molecular flexibility index (Phi) is 3.53. The first-order chi connectivity index (χ1) is 3.72. The number of hydrogen-bond donors (Lipinski definition) is 1. The largest absolute Gasteiger partial charge is 0.396 e. The van der Waals surface area contributed by atoms with Crippen LogP contribution >= 0.6 is 0 Å². The van der Waals surface area contributed by atoms with Crippen LogP contribution in [0.25, 0.3) is 0 Å². The van der Waals surface area contributed by atoms with Crippen molar-refractivity contribution in [2.24, 2.45) is 11.8 Å². The molecule has 0 aromatic rings. The first-order valence-electron chi connectivity index (χ1n) is 2.95. The summed E-state index contributed by atoms with van der Waals surface area (Å²) in [6, 6.07) is 0. The van der Waals surface area contributed by atoms with E-state index >= 15 is 0 Å². The minimum atomic E-state index is 0.257. The number of aliphatic hydroxyl groups is 1. The molecule has 0 heterocycles. The monoisotopic (exact) mass is 114 g/mol. The van der Waals surface area contributed by atoms with Gasteiger partial charge in [0.15, 0.2) is 0 Å². The quantitative estimate of drug-likeness (QED) is 0.550. The Balaban J connectivity index is 3.44. The van der Waals surface area contributed by atoms with Gasteiger partial charge in [-0.2, -0.15) is 0 Å². The maximum Gasteiger partial charge on any atom is 0.0462 e. The highest BCUT2D eigenvalue weighted by molar-refractivity contribution is 4.78. The van der Waals surface area contributed by atoms with Crippen molar-refractivity contribution in [3.05, 3.63) is 12.7 Å². The van der Waals surface area contributed by atoms with Crippen molar-refractivity contribution in [1.29, 1.82) is 0 Å². The fourth-order valence-electron chi connectivity index (χ4n) is 0.399. The minimum absolute atomic E-state index is 0.257. The van der Waals surface area contributed by atoms with Crippen molar-refractivity contribution in [1.82, 2.24) is 0 Å². The first-order valence-corrected chi connectivity index (χ1v) is 2.95. The van der Waals surface area contributed by atoms with Crippen molar-refractivity contribution in [2.75, 3.05) is 6.61 Å². The normalized spacial score (nSPS) is 17.4. The molecule has 0 aliphatic carbocycles. The lowest BCUT2D eigenvalue weighted by molar-refractivity contribution is 0.213. The second-order valence-electron chi connectivity index (χ2n) is 2.25. The van der Waals surface area contributed by atoms with Crippen LogP contribution in [0.4, 0.5) is 0 Å². The van der Waals surface area contributed by atoms with Crippen molar-refractivity contribution in [3.8, 4) is 0 Å². The number of allylic oxidation sites excluding steroid dienone is 1. The maximum absolute atomic E-state index is 8.59. The maximum atomic E-state index is 8.59. The molecule has 0 aliphatic heterocycles. The molecule has 0 radical (unpaired) electrons. The molecule has 0 spiro atoms. The van der Waals surface area contributed by atoms with Crippen LogP contribution < -0.4 is 0 Å². The molecule has 0 bridgehead atoms. The summed E-state index contributed by atoms with van der Waals surface area (Å²) in [5.74, 6) is 0.785. The van der Waals surface area contributed by atoms with Crippen molar-refractivity contribution < 1.29 is 5.11 Å². The summed E-state index contributed by atoms with van der Waals surface area (Å²) in [6.45, 7) is 7.93. The Labute approximate surface area is 51.0 Å². The van der Waals surface area contributed by atoms with Crippen LogP contribution in [0.15, 0.2) is 12.7 Å². The minimum Gasteiger partial charge on any atom is -0.396 e. The molecular formula is C7H14O. The Morgan fingerprint density at radius 1 is 1.62 bits per heavy atom. The molecule has 0 aromatic heterocycles. The van der Waals surface area contributed by atoms with Crippen LogP contribution in [0.2, 0.25) is 0 Å². The van der Waals surface area contributed by atoms with E-state index in [9.17, 15) is 0 Å². The van der Waals surface area contributed by atoms with E-state index in [4.69, 9.17) is 5.11 Å². The average Bonchev–Trinajstić information content (AvgIpc) is 1.84. The van der Waals surface area contributed by atoms with Gasteiger partial charge in [-0.3, -0.25) is 0 Å². The van der Waals surface area contributed by atoms with Gasteiger partial charge in [-0.15, -0.1) is 6.58 Å². The molecule has 0 saturated heterocycles. The second kappa shape index (κ2) is 3.67. The number of rotatable bonds is 3. The van der Waals surface area contributed by atoms with E-state index in [1.165, 1.54) is 0 Å². The van der Waals surface area contributed by atoms with E-state index < -0.39 is 0 Å². The summed E-state index contributed by atoms with van der Waals surface area (Å²) in [4.78, 5) is 0. The SMILES string of the molecule is C=C[C@@H](C)[C@H](C)CO. The summed E-state index contributed by atoms with van der Waals surface area (Å²) in [6.07, 6.45) is 1.86. The molecule has 1 N–H and O–H groups in total. The Morgan fingerprint density at radius 2 is 2.12 bits per heavy atom. The molecule has 1 nitrogen and oxygen atoms in total. The summed E-state index contributed by atoms with van der Waals surface area (Å²) in [7, 11) is 0. The zero-order valence-electron chi connectivity index (χ0n) is 5.59. The predicted octanol–water partition coefficient (Wildman–Crippen LogP) is 1.44. The summed E-state index contributed by atoms with van der Waals surface area (Å²) in [5, 5.41) is 8.59. The molecule has 1 heteroatoms. The van der Waals surface area contributed by atoms with Crippen molar-refractivity contribution in [3.63, 3.8) is 0 Å². The van der Waals surface area contributed by atoms with Gasteiger partial charge in [-0.05, 0) is 11.8 Å². The van der Waals surface area contributed by atoms with Crippen LogP contribution in [0.5, 0.6) is 0 Å². The zero-order valence-corrected chi connectivity index (χ0v) is 5.59. The summed E-state index contributed by atoms with van der Waals surface area (Å²) < 4.78 is 0. The third kappa shape index (κ3) is 2.12. The Bertz CT molecular complexity index is 68.8. The van der Waals surface area contributed by atoms with Crippen LogP contribution in [0.1, 0.15) is 13.8 Å². The smallest absolute Gasteiger partial charge is 0.0462 e. The van der Waals surface area contributed by atoms with E-state index in [0.29, 0.717) is 11.8 Å². The van der Waals surface area contributed by atoms with Gasteiger partial charge in [0.25, 0.3) is 0 Å². The number of hydrogen-bond acceptors (Lipinski definition) is 1. The van der Waals surface area contributed by atoms with Gasteiger partial charge in [-0.1, -0.05) is 19.9 Å². The van der Waals surface area contributed by atoms with Crippen molar-refractivity contribution >= 4 is 0 Å². The molecule has 0 fully saturated rings. The standard InChI is InChI=1S/C7H14O/c1-4-6(2)7(3)5-8/h4,6-8H,1,5H2,2-3H3/t6-,7-/m1/s1. The van der Waals surface area contributed by atoms with Crippen LogP contribution in [0, 0.1) is 11.8 Å². The summed E-state index contributed by atoms with van der Waals surface area (Å²) in [5.41, 5.74) is 0. The lowest BCUT2D eigenvalue weighted by atomic mass is 9.97. The number of aliphatic hydroxyl groups excluding tert-OH is 1. The topological polar surface area (TPSA) is 20.2 Å². The van der Waals surface area contributed by atoms with E-state index in [1.807, 2.05) is 19.9 Å². The first kappa shape index (κ1) is 7.70. The third-order valence-corrected chi connectivity index (χ3v) is 1.56. The average molecular weight is 114 g/mol. The molecular weight excluding hydrogens is 100 g/mol. The van der Waals surface area contributed by atoms with Crippen molar-refractivity contribution in [2.45, 2.75) is 13.8 Å². The van der Waals surface area contributed by atoms with Crippen LogP contribution in [-0.2, 0) is 0 Å². The van der Waals surface area contributed by atoms with E-state index in [1.54, 1.807) is 0 Å². The molecule has 0 aliphatic rings. The fraction of sp³-hybridized carbons (Fsp3) is 0.714. The molecule has 2 atom stereocenters. The molecule has 0 unspecified atom stereocenters. The highest BCUT2D eigenvalue weighted by Crippen LogP contribution is 2.09. The van der Waals surface area contributed by atoms with Gasteiger partial charge in [-0.25, -0.2) is 0 Å². The van der Waals surface area contributed by atoms with Gasteiger partial charge < -0.3 is 5.11 Å². The van der Waals surface area contributed by atoms with Gasteiger partial charge in [0.2, 0.25) is 0 Å². The van der Waals surface area contributed by atoms with Gasteiger partial charge in [0.05, 0.1) is 0 Å². The lowest BCUT2D eigenvalue weighted by Gasteiger charge is -2.11. The Hall–Kier alpha value is -0.300. The third-order valence-electron chi connectivity index (χ3n) is 1.56. The molecule has 0 rings (SSSR count). The highest BCUT2D eigenvalue weighted by atomic mass is 16.3. The van der Waals surface area contributed by atoms with Crippen LogP contribution in [0.3, 0.4) is 0 Å². The lowest BCUT2D eigenvalue weighted by Crippen LogP contribution is -2.08. The van der Waals surface area contributed by atoms with Crippen LogP contribution in [-0.4, -0.2) is 11.7 Å². The molecule has 0 saturated carbocycles. The fourth-order valence-corrected chi connectivity index (χ4v) is 0.399. The van der Waals surface area contributed by atoms with E-state index in [2.05, 4.69) is 6.58 Å². The molecule has 0 aromatic carbocycles. The highest BCUT2D eigenvalue weighted by Gasteiger charge is 2.04. The molecule has 48 valence electrons.